The van der Waals surface area contributed by atoms with Crippen LogP contribution >= 0.6 is 24.8 Å². The number of benzene rings is 1. The van der Waals surface area contributed by atoms with Crippen molar-refractivity contribution >= 4 is 24.8 Å². The van der Waals surface area contributed by atoms with Gasteiger partial charge in [0.25, 0.3) is 0 Å². The van der Waals surface area contributed by atoms with Gasteiger partial charge in [0.05, 0.1) is 0 Å². The fourth-order valence-electron chi connectivity index (χ4n) is 2.92. The Morgan fingerprint density at radius 2 is 1.27 bits per heavy atom. The molecule has 148 valence electrons. The summed E-state index contributed by atoms with van der Waals surface area (Å²) in [7, 11) is 0. The summed E-state index contributed by atoms with van der Waals surface area (Å²) in [5.74, 6) is 1.25. The van der Waals surface area contributed by atoms with Gasteiger partial charge < -0.3 is 5.11 Å². The van der Waals surface area contributed by atoms with E-state index in [-0.39, 0.29) is 51.9 Å². The van der Waals surface area contributed by atoms with Gasteiger partial charge in [-0.1, -0.05) is 79.0 Å². The molecule has 0 bridgehead atoms. The maximum atomic E-state index is 9.93. The maximum absolute atomic E-state index is 9.93. The summed E-state index contributed by atoms with van der Waals surface area (Å²) in [6.45, 7) is 19.3. The van der Waals surface area contributed by atoms with Crippen molar-refractivity contribution in [2.45, 2.75) is 74.1 Å². The third-order valence-electron chi connectivity index (χ3n) is 4.90. The van der Waals surface area contributed by atoms with Crippen LogP contribution in [0.25, 0.3) is 0 Å². The standard InChI is InChI=1S/C12H18O.C10H15.2ClH.Ti/c1-8(2)10-6-5-7-11(9(3)4)12(10)13;1-7-6-10(4,5)9(3)8(7)2;;;/h5-9,13H,1-4H3;1-5H3;2*1H;/q;-1;;;. The summed E-state index contributed by atoms with van der Waals surface area (Å²) in [6, 6.07) is 6.00. The second-order valence-corrected chi connectivity index (χ2v) is 7.72. The summed E-state index contributed by atoms with van der Waals surface area (Å²) >= 11 is 0. The van der Waals surface area contributed by atoms with Crippen molar-refractivity contribution in [3.8, 4) is 5.75 Å². The van der Waals surface area contributed by atoms with Gasteiger partial charge in [-0.05, 0) is 23.0 Å². The molecule has 0 fully saturated rings. The molecule has 4 heteroatoms. The van der Waals surface area contributed by atoms with E-state index in [0.29, 0.717) is 17.6 Å². The SMILES string of the molecule is CC(C)c1cccc(C(C)C)c1O.CC1=[C-]C(C)(C)C(C)=C1C.Cl.Cl.[Ti]. The first kappa shape index (κ1) is 30.5. The van der Waals surface area contributed by atoms with E-state index in [0.717, 1.165) is 11.1 Å². The molecule has 0 heterocycles. The van der Waals surface area contributed by atoms with Crippen molar-refractivity contribution in [1.29, 1.82) is 0 Å². The monoisotopic (exact) mass is 433 g/mol. The Labute approximate surface area is 188 Å². The minimum atomic E-state index is 0. The van der Waals surface area contributed by atoms with E-state index < -0.39 is 0 Å². The Kier molecular flexibility index (Phi) is 14.4. The molecule has 0 saturated carbocycles. The van der Waals surface area contributed by atoms with Crippen LogP contribution in [0, 0.1) is 11.5 Å². The van der Waals surface area contributed by atoms with Crippen LogP contribution in [-0.4, -0.2) is 5.11 Å². The van der Waals surface area contributed by atoms with E-state index in [9.17, 15) is 5.11 Å². The molecule has 1 aromatic rings. The molecule has 0 radical (unpaired) electrons. The minimum Gasteiger partial charge on any atom is -0.507 e. The maximum Gasteiger partial charge on any atom is 0.122 e. The Morgan fingerprint density at radius 1 is 0.885 bits per heavy atom. The van der Waals surface area contributed by atoms with Gasteiger partial charge in [-0.15, -0.1) is 31.7 Å². The molecule has 0 spiro atoms. The topological polar surface area (TPSA) is 20.2 Å². The number of hydrogen-bond donors (Lipinski definition) is 1. The molecule has 1 nitrogen and oxygen atoms in total. The first-order valence-electron chi connectivity index (χ1n) is 8.60. The Bertz CT molecular complexity index is 603. The van der Waals surface area contributed by atoms with Crippen molar-refractivity contribution in [3.63, 3.8) is 0 Å². The van der Waals surface area contributed by atoms with Gasteiger partial charge in [0.15, 0.2) is 0 Å². The van der Waals surface area contributed by atoms with Crippen LogP contribution in [0.4, 0.5) is 0 Å². The first-order valence-corrected chi connectivity index (χ1v) is 8.60. The van der Waals surface area contributed by atoms with Crippen LogP contribution in [0.5, 0.6) is 5.75 Å². The van der Waals surface area contributed by atoms with E-state index in [1.165, 1.54) is 16.7 Å². The average Bonchev–Trinajstić information content (AvgIpc) is 2.61. The van der Waals surface area contributed by atoms with Crippen molar-refractivity contribution in [2.24, 2.45) is 5.41 Å². The third kappa shape index (κ3) is 7.43. The second-order valence-electron chi connectivity index (χ2n) is 7.72. The van der Waals surface area contributed by atoms with Crippen LogP contribution in [0.1, 0.15) is 85.3 Å². The smallest absolute Gasteiger partial charge is 0.122 e. The zero-order valence-electron chi connectivity index (χ0n) is 17.7. The zero-order chi connectivity index (χ0) is 17.9. The molecule has 1 aliphatic carbocycles. The van der Waals surface area contributed by atoms with Gasteiger partial charge in [-0.3, -0.25) is 6.08 Å². The number of phenols is 1. The van der Waals surface area contributed by atoms with Crippen molar-refractivity contribution in [2.75, 3.05) is 0 Å². The van der Waals surface area contributed by atoms with Gasteiger partial charge in [0.2, 0.25) is 0 Å². The Morgan fingerprint density at radius 3 is 1.46 bits per heavy atom. The summed E-state index contributed by atoms with van der Waals surface area (Å²) in [5.41, 5.74) is 6.49. The predicted molar refractivity (Wildman–Crippen MR) is 115 cm³/mol. The molecular formula is C22H35Cl2OTi-. The Hall–Kier alpha value is -0.206. The molecular weight excluding hydrogens is 399 g/mol. The van der Waals surface area contributed by atoms with E-state index in [1.807, 2.05) is 18.2 Å². The van der Waals surface area contributed by atoms with Crippen molar-refractivity contribution < 1.29 is 26.8 Å². The number of allylic oxidation sites excluding steroid dienone is 4. The molecule has 2 rings (SSSR count). The van der Waals surface area contributed by atoms with Gasteiger partial charge in [0, 0.05) is 21.7 Å². The number of halogens is 2. The predicted octanol–water partition coefficient (Wildman–Crippen LogP) is 7.59. The van der Waals surface area contributed by atoms with Gasteiger partial charge in [-0.25, -0.2) is 5.57 Å². The second kappa shape index (κ2) is 12.3. The minimum absolute atomic E-state index is 0. The largest absolute Gasteiger partial charge is 0.507 e. The molecule has 1 aliphatic rings. The van der Waals surface area contributed by atoms with Crippen LogP contribution < -0.4 is 0 Å². The van der Waals surface area contributed by atoms with Crippen LogP contribution in [-0.2, 0) is 21.7 Å². The molecule has 0 aromatic heterocycles. The third-order valence-corrected chi connectivity index (χ3v) is 4.90. The van der Waals surface area contributed by atoms with E-state index in [2.05, 4.69) is 68.4 Å². The zero-order valence-corrected chi connectivity index (χ0v) is 20.8. The van der Waals surface area contributed by atoms with Crippen molar-refractivity contribution in [1.82, 2.24) is 0 Å². The van der Waals surface area contributed by atoms with Crippen LogP contribution in [0.2, 0.25) is 0 Å². The molecule has 0 amide bonds. The fourth-order valence-corrected chi connectivity index (χ4v) is 2.92. The van der Waals surface area contributed by atoms with Crippen LogP contribution in [0.3, 0.4) is 0 Å². The summed E-state index contributed by atoms with van der Waals surface area (Å²) in [6.07, 6.45) is 3.44. The molecule has 0 aliphatic heterocycles. The van der Waals surface area contributed by atoms with Crippen molar-refractivity contribution in [3.05, 3.63) is 52.1 Å². The van der Waals surface area contributed by atoms with Gasteiger partial charge in [-0.2, -0.15) is 11.1 Å². The van der Waals surface area contributed by atoms with Crippen LogP contribution in [0.15, 0.2) is 34.9 Å². The van der Waals surface area contributed by atoms with E-state index in [4.69, 9.17) is 0 Å². The quantitative estimate of drug-likeness (QED) is 0.376. The summed E-state index contributed by atoms with van der Waals surface area (Å²) < 4.78 is 0. The Balaban J connectivity index is -0.000000374. The molecule has 1 aromatic carbocycles. The van der Waals surface area contributed by atoms with Gasteiger partial charge >= 0.3 is 0 Å². The first-order chi connectivity index (χ1) is 10.5. The fraction of sp³-hybridized carbons (Fsp3) is 0.545. The number of phenolic OH excluding ortho intramolecular Hbond substituents is 1. The van der Waals surface area contributed by atoms with E-state index >= 15 is 0 Å². The number of hydrogen-bond acceptors (Lipinski definition) is 1. The molecule has 0 saturated heterocycles. The normalized spacial score (nSPS) is 14.7. The molecule has 26 heavy (non-hydrogen) atoms. The molecule has 1 N–H and O–H groups in total. The number of rotatable bonds is 2. The average molecular weight is 434 g/mol. The molecule has 0 atom stereocenters. The van der Waals surface area contributed by atoms with E-state index in [1.54, 1.807) is 0 Å². The summed E-state index contributed by atoms with van der Waals surface area (Å²) in [4.78, 5) is 0. The van der Waals surface area contributed by atoms with Gasteiger partial charge in [0.1, 0.15) is 5.75 Å². The summed E-state index contributed by atoms with van der Waals surface area (Å²) in [5, 5.41) is 9.93. The number of aromatic hydroxyl groups is 1. The molecule has 0 unspecified atom stereocenters. The number of para-hydroxylation sites is 1.